The number of hydrogen-bond donors (Lipinski definition) is 1. The Labute approximate surface area is 118 Å². The highest BCUT2D eigenvalue weighted by molar-refractivity contribution is 9.10. The Morgan fingerprint density at radius 2 is 2.00 bits per heavy atom. The van der Waals surface area contributed by atoms with Gasteiger partial charge in [0.2, 0.25) is 0 Å². The Morgan fingerprint density at radius 1 is 1.33 bits per heavy atom. The molecule has 2 nitrogen and oxygen atoms in total. The van der Waals surface area contributed by atoms with E-state index in [2.05, 4.69) is 66.3 Å². The van der Waals surface area contributed by atoms with E-state index in [9.17, 15) is 0 Å². The molecule has 1 fully saturated rings. The average molecular weight is 312 g/mol. The summed E-state index contributed by atoms with van der Waals surface area (Å²) in [5.74, 6) is 0. The predicted octanol–water partition coefficient (Wildman–Crippen LogP) is 4.06. The first-order valence-corrected chi connectivity index (χ1v) is 7.41. The van der Waals surface area contributed by atoms with Gasteiger partial charge in [-0.25, -0.2) is 0 Å². The van der Waals surface area contributed by atoms with E-state index >= 15 is 0 Å². The maximum Gasteiger partial charge on any atom is 0.0641 e. The minimum atomic E-state index is 0.00928. The summed E-state index contributed by atoms with van der Waals surface area (Å²) in [6.45, 7) is 7.43. The fourth-order valence-corrected chi connectivity index (χ4v) is 2.84. The van der Waals surface area contributed by atoms with Crippen LogP contribution in [-0.4, -0.2) is 18.2 Å². The lowest BCUT2D eigenvalue weighted by molar-refractivity contribution is -0.0639. The number of ether oxygens (including phenoxy) is 1. The van der Waals surface area contributed by atoms with Crippen LogP contribution in [0.15, 0.2) is 28.7 Å². The predicted molar refractivity (Wildman–Crippen MR) is 78.7 cm³/mol. The SMILES string of the molecule is CC(NC1CCOC(C)(C)C1)c1ccc(Br)cc1. The van der Waals surface area contributed by atoms with Gasteiger partial charge in [0.15, 0.2) is 0 Å². The van der Waals surface area contributed by atoms with E-state index in [1.807, 2.05) is 0 Å². The first-order valence-electron chi connectivity index (χ1n) is 6.62. The van der Waals surface area contributed by atoms with Gasteiger partial charge in [0.05, 0.1) is 5.60 Å². The minimum Gasteiger partial charge on any atom is -0.375 e. The molecule has 0 aromatic heterocycles. The normalized spacial score (nSPS) is 24.8. The molecule has 1 saturated heterocycles. The molecule has 1 aromatic rings. The zero-order valence-corrected chi connectivity index (χ0v) is 13.0. The fourth-order valence-electron chi connectivity index (χ4n) is 2.58. The highest BCUT2D eigenvalue weighted by atomic mass is 79.9. The van der Waals surface area contributed by atoms with Gasteiger partial charge in [-0.3, -0.25) is 0 Å². The Morgan fingerprint density at radius 3 is 2.61 bits per heavy atom. The molecule has 1 aromatic carbocycles. The smallest absolute Gasteiger partial charge is 0.0641 e. The highest BCUT2D eigenvalue weighted by Gasteiger charge is 2.29. The van der Waals surface area contributed by atoms with Crippen LogP contribution in [0, 0.1) is 0 Å². The molecular formula is C15H22BrNO. The summed E-state index contributed by atoms with van der Waals surface area (Å²) < 4.78 is 6.88. The zero-order valence-electron chi connectivity index (χ0n) is 11.4. The fraction of sp³-hybridized carbons (Fsp3) is 0.600. The molecule has 3 heteroatoms. The van der Waals surface area contributed by atoms with Crippen molar-refractivity contribution in [1.82, 2.24) is 5.32 Å². The first-order chi connectivity index (χ1) is 8.46. The molecule has 2 unspecified atom stereocenters. The van der Waals surface area contributed by atoms with Gasteiger partial charge in [-0.15, -0.1) is 0 Å². The van der Waals surface area contributed by atoms with E-state index in [0.717, 1.165) is 23.9 Å². The van der Waals surface area contributed by atoms with E-state index in [1.54, 1.807) is 0 Å². The second kappa shape index (κ2) is 5.72. The van der Waals surface area contributed by atoms with Crippen molar-refractivity contribution < 1.29 is 4.74 Å². The molecule has 0 aliphatic carbocycles. The van der Waals surface area contributed by atoms with Gasteiger partial charge in [-0.2, -0.15) is 0 Å². The van der Waals surface area contributed by atoms with Crippen molar-refractivity contribution in [2.45, 2.75) is 51.3 Å². The van der Waals surface area contributed by atoms with Crippen molar-refractivity contribution in [2.24, 2.45) is 0 Å². The van der Waals surface area contributed by atoms with Crippen LogP contribution in [0.1, 0.15) is 45.2 Å². The first kappa shape index (κ1) is 14.0. The number of rotatable bonds is 3. The lowest BCUT2D eigenvalue weighted by Gasteiger charge is -2.37. The summed E-state index contributed by atoms with van der Waals surface area (Å²) in [5, 5.41) is 3.71. The number of benzene rings is 1. The van der Waals surface area contributed by atoms with Gasteiger partial charge in [0, 0.05) is 23.2 Å². The minimum absolute atomic E-state index is 0.00928. The second-order valence-corrected chi connectivity index (χ2v) is 6.65. The number of halogens is 1. The second-order valence-electron chi connectivity index (χ2n) is 5.74. The van der Waals surface area contributed by atoms with Crippen molar-refractivity contribution in [1.29, 1.82) is 0 Å². The van der Waals surface area contributed by atoms with Crippen LogP contribution >= 0.6 is 15.9 Å². The molecule has 1 N–H and O–H groups in total. The third-order valence-electron chi connectivity index (χ3n) is 3.55. The summed E-state index contributed by atoms with van der Waals surface area (Å²) in [7, 11) is 0. The lowest BCUT2D eigenvalue weighted by Crippen LogP contribution is -2.44. The van der Waals surface area contributed by atoms with E-state index in [0.29, 0.717) is 12.1 Å². The van der Waals surface area contributed by atoms with Crippen LogP contribution in [-0.2, 0) is 4.74 Å². The number of nitrogens with one attached hydrogen (secondary N) is 1. The Kier molecular flexibility index (Phi) is 4.46. The van der Waals surface area contributed by atoms with E-state index in [1.165, 1.54) is 5.56 Å². The van der Waals surface area contributed by atoms with Crippen LogP contribution in [0.3, 0.4) is 0 Å². The maximum atomic E-state index is 5.75. The summed E-state index contributed by atoms with van der Waals surface area (Å²) in [6.07, 6.45) is 2.18. The molecule has 0 radical (unpaired) electrons. The molecular weight excluding hydrogens is 290 g/mol. The third-order valence-corrected chi connectivity index (χ3v) is 4.08. The van der Waals surface area contributed by atoms with Crippen LogP contribution < -0.4 is 5.32 Å². The maximum absolute atomic E-state index is 5.75. The molecule has 1 aliphatic rings. The van der Waals surface area contributed by atoms with Crippen molar-refractivity contribution in [3.63, 3.8) is 0 Å². The van der Waals surface area contributed by atoms with E-state index in [-0.39, 0.29) is 5.60 Å². The molecule has 0 bridgehead atoms. The molecule has 0 amide bonds. The average Bonchev–Trinajstić information content (AvgIpc) is 2.28. The summed E-state index contributed by atoms with van der Waals surface area (Å²) in [4.78, 5) is 0. The van der Waals surface area contributed by atoms with E-state index in [4.69, 9.17) is 4.74 Å². The molecule has 1 heterocycles. The molecule has 100 valence electrons. The standard InChI is InChI=1S/C15H22BrNO/c1-11(12-4-6-13(16)7-5-12)17-14-8-9-18-15(2,3)10-14/h4-7,11,14,17H,8-10H2,1-3H3. The molecule has 2 rings (SSSR count). The van der Waals surface area contributed by atoms with E-state index < -0.39 is 0 Å². The lowest BCUT2D eigenvalue weighted by atomic mass is 9.93. The molecule has 2 atom stereocenters. The van der Waals surface area contributed by atoms with Crippen molar-refractivity contribution >= 4 is 15.9 Å². The quantitative estimate of drug-likeness (QED) is 0.909. The van der Waals surface area contributed by atoms with Gasteiger partial charge < -0.3 is 10.1 Å². The molecule has 0 saturated carbocycles. The Hall–Kier alpha value is -0.380. The Balaban J connectivity index is 1.94. The zero-order chi connectivity index (χ0) is 13.2. The van der Waals surface area contributed by atoms with Crippen molar-refractivity contribution in [3.8, 4) is 0 Å². The third kappa shape index (κ3) is 3.81. The van der Waals surface area contributed by atoms with Crippen LogP contribution in [0.2, 0.25) is 0 Å². The van der Waals surface area contributed by atoms with Gasteiger partial charge in [0.1, 0.15) is 0 Å². The molecule has 0 spiro atoms. The number of hydrogen-bond acceptors (Lipinski definition) is 2. The van der Waals surface area contributed by atoms with Crippen molar-refractivity contribution in [2.75, 3.05) is 6.61 Å². The van der Waals surface area contributed by atoms with Gasteiger partial charge in [-0.05, 0) is 51.3 Å². The van der Waals surface area contributed by atoms with Crippen LogP contribution in [0.25, 0.3) is 0 Å². The molecule has 18 heavy (non-hydrogen) atoms. The highest BCUT2D eigenvalue weighted by Crippen LogP contribution is 2.26. The van der Waals surface area contributed by atoms with Crippen LogP contribution in [0.4, 0.5) is 0 Å². The van der Waals surface area contributed by atoms with Crippen LogP contribution in [0.5, 0.6) is 0 Å². The largest absolute Gasteiger partial charge is 0.375 e. The van der Waals surface area contributed by atoms with Crippen molar-refractivity contribution in [3.05, 3.63) is 34.3 Å². The monoisotopic (exact) mass is 311 g/mol. The molecule has 1 aliphatic heterocycles. The van der Waals surface area contributed by atoms with Gasteiger partial charge in [-0.1, -0.05) is 28.1 Å². The summed E-state index contributed by atoms with van der Waals surface area (Å²) >= 11 is 3.47. The topological polar surface area (TPSA) is 21.3 Å². The van der Waals surface area contributed by atoms with Gasteiger partial charge in [0.25, 0.3) is 0 Å². The Bertz CT molecular complexity index is 388. The van der Waals surface area contributed by atoms with Gasteiger partial charge >= 0.3 is 0 Å². The summed E-state index contributed by atoms with van der Waals surface area (Å²) in [6, 6.07) is 9.48. The summed E-state index contributed by atoms with van der Waals surface area (Å²) in [5.41, 5.74) is 1.34.